The van der Waals surface area contributed by atoms with E-state index in [2.05, 4.69) is 10.5 Å². The minimum atomic E-state index is -0.282. The molecule has 0 atom stereocenters. The molecular formula is C18H14ClN3O. The van der Waals surface area contributed by atoms with E-state index in [-0.39, 0.29) is 5.91 Å². The van der Waals surface area contributed by atoms with Crippen LogP contribution in [0.1, 0.15) is 16.1 Å². The summed E-state index contributed by atoms with van der Waals surface area (Å²) in [5, 5.41) is 4.61. The first-order valence-electron chi connectivity index (χ1n) is 7.06. The van der Waals surface area contributed by atoms with Gasteiger partial charge in [-0.1, -0.05) is 29.8 Å². The Kier molecular flexibility index (Phi) is 4.54. The zero-order chi connectivity index (χ0) is 16.1. The number of amides is 1. The molecule has 0 radical (unpaired) electrons. The third-order valence-corrected chi connectivity index (χ3v) is 3.54. The molecular weight excluding hydrogens is 310 g/mol. The van der Waals surface area contributed by atoms with Gasteiger partial charge < -0.3 is 4.57 Å². The van der Waals surface area contributed by atoms with Gasteiger partial charge in [0.1, 0.15) is 0 Å². The van der Waals surface area contributed by atoms with Crippen LogP contribution in [0.3, 0.4) is 0 Å². The van der Waals surface area contributed by atoms with E-state index in [0.29, 0.717) is 10.6 Å². The summed E-state index contributed by atoms with van der Waals surface area (Å²) in [4.78, 5) is 12.0. The SMILES string of the molecule is O=C(N/N=C\c1cccn1-c1ccccc1)c1ccc(Cl)cc1. The van der Waals surface area contributed by atoms with Crippen molar-refractivity contribution >= 4 is 23.7 Å². The van der Waals surface area contributed by atoms with Crippen LogP contribution in [0.5, 0.6) is 0 Å². The van der Waals surface area contributed by atoms with Crippen LogP contribution in [-0.2, 0) is 0 Å². The molecule has 0 fully saturated rings. The van der Waals surface area contributed by atoms with Crippen molar-refractivity contribution in [3.63, 3.8) is 0 Å². The monoisotopic (exact) mass is 323 g/mol. The molecule has 1 N–H and O–H groups in total. The van der Waals surface area contributed by atoms with E-state index in [1.54, 1.807) is 30.5 Å². The van der Waals surface area contributed by atoms with Gasteiger partial charge in [-0.2, -0.15) is 5.10 Å². The van der Waals surface area contributed by atoms with Crippen LogP contribution in [0.25, 0.3) is 5.69 Å². The minimum absolute atomic E-state index is 0.282. The van der Waals surface area contributed by atoms with E-state index in [4.69, 9.17) is 11.6 Å². The lowest BCUT2D eigenvalue weighted by Gasteiger charge is -2.05. The van der Waals surface area contributed by atoms with E-state index in [9.17, 15) is 4.79 Å². The first kappa shape index (κ1) is 15.1. The van der Waals surface area contributed by atoms with Gasteiger partial charge in [-0.15, -0.1) is 0 Å². The second kappa shape index (κ2) is 6.94. The predicted molar refractivity (Wildman–Crippen MR) is 92.3 cm³/mol. The van der Waals surface area contributed by atoms with Gasteiger partial charge in [0.05, 0.1) is 11.9 Å². The van der Waals surface area contributed by atoms with Crippen LogP contribution < -0.4 is 5.43 Å². The smallest absolute Gasteiger partial charge is 0.271 e. The van der Waals surface area contributed by atoms with E-state index in [1.807, 2.05) is 53.2 Å². The van der Waals surface area contributed by atoms with Gasteiger partial charge in [-0.05, 0) is 48.5 Å². The molecule has 0 aliphatic heterocycles. The number of nitrogens with one attached hydrogen (secondary N) is 1. The van der Waals surface area contributed by atoms with Crippen LogP contribution in [0, 0.1) is 0 Å². The van der Waals surface area contributed by atoms with Crippen molar-refractivity contribution in [2.24, 2.45) is 5.10 Å². The van der Waals surface area contributed by atoms with Crippen molar-refractivity contribution in [1.82, 2.24) is 9.99 Å². The summed E-state index contributed by atoms with van der Waals surface area (Å²) in [5.41, 5.74) is 4.91. The van der Waals surface area contributed by atoms with Crippen LogP contribution in [0.4, 0.5) is 0 Å². The Hall–Kier alpha value is -2.85. The molecule has 5 heteroatoms. The number of rotatable bonds is 4. The lowest BCUT2D eigenvalue weighted by atomic mass is 10.2. The molecule has 3 aromatic rings. The van der Waals surface area contributed by atoms with Crippen LogP contribution >= 0.6 is 11.6 Å². The van der Waals surface area contributed by atoms with E-state index in [0.717, 1.165) is 11.4 Å². The van der Waals surface area contributed by atoms with Crippen molar-refractivity contribution < 1.29 is 4.79 Å². The fraction of sp³-hybridized carbons (Fsp3) is 0. The number of para-hydroxylation sites is 1. The van der Waals surface area contributed by atoms with Gasteiger partial charge in [0.2, 0.25) is 0 Å². The maximum Gasteiger partial charge on any atom is 0.271 e. The Morgan fingerprint density at radius 3 is 2.48 bits per heavy atom. The first-order valence-corrected chi connectivity index (χ1v) is 7.43. The number of nitrogens with zero attached hydrogens (tertiary/aromatic N) is 2. The van der Waals surface area contributed by atoms with Gasteiger partial charge in [0, 0.05) is 22.5 Å². The predicted octanol–water partition coefficient (Wildman–Crippen LogP) is 3.89. The average Bonchev–Trinajstić information content (AvgIpc) is 3.05. The molecule has 114 valence electrons. The molecule has 0 spiro atoms. The molecule has 1 amide bonds. The molecule has 0 saturated carbocycles. The number of hydrogen-bond donors (Lipinski definition) is 1. The summed E-state index contributed by atoms with van der Waals surface area (Å²) >= 11 is 5.80. The third kappa shape index (κ3) is 3.67. The molecule has 0 aliphatic rings. The zero-order valence-electron chi connectivity index (χ0n) is 12.2. The zero-order valence-corrected chi connectivity index (χ0v) is 12.9. The van der Waals surface area contributed by atoms with Crippen molar-refractivity contribution in [2.75, 3.05) is 0 Å². The molecule has 1 heterocycles. The summed E-state index contributed by atoms with van der Waals surface area (Å²) in [6.07, 6.45) is 3.55. The van der Waals surface area contributed by atoms with E-state index in [1.165, 1.54) is 0 Å². The second-order valence-electron chi connectivity index (χ2n) is 4.84. The number of halogens is 1. The van der Waals surface area contributed by atoms with Crippen molar-refractivity contribution in [2.45, 2.75) is 0 Å². The van der Waals surface area contributed by atoms with Crippen molar-refractivity contribution in [3.05, 3.63) is 89.2 Å². The molecule has 1 aromatic heterocycles. The molecule has 0 unspecified atom stereocenters. The molecule has 0 saturated heterocycles. The highest BCUT2D eigenvalue weighted by atomic mass is 35.5. The lowest BCUT2D eigenvalue weighted by Crippen LogP contribution is -2.17. The average molecular weight is 324 g/mol. The highest BCUT2D eigenvalue weighted by Crippen LogP contribution is 2.11. The fourth-order valence-corrected chi connectivity index (χ4v) is 2.27. The molecule has 0 bridgehead atoms. The van der Waals surface area contributed by atoms with Gasteiger partial charge in [-0.25, -0.2) is 5.43 Å². The Labute approximate surface area is 139 Å². The first-order chi connectivity index (χ1) is 11.2. The Balaban J connectivity index is 1.71. The fourth-order valence-electron chi connectivity index (χ4n) is 2.15. The second-order valence-corrected chi connectivity index (χ2v) is 5.28. The minimum Gasteiger partial charge on any atom is -0.316 e. The molecule has 2 aromatic carbocycles. The summed E-state index contributed by atoms with van der Waals surface area (Å²) in [6, 6.07) is 20.4. The number of carbonyl (C=O) groups excluding carboxylic acids is 1. The van der Waals surface area contributed by atoms with Gasteiger partial charge in [-0.3, -0.25) is 4.79 Å². The topological polar surface area (TPSA) is 46.4 Å². The number of carbonyl (C=O) groups is 1. The van der Waals surface area contributed by atoms with E-state index < -0.39 is 0 Å². The van der Waals surface area contributed by atoms with E-state index >= 15 is 0 Å². The lowest BCUT2D eigenvalue weighted by molar-refractivity contribution is 0.0955. The molecule has 23 heavy (non-hydrogen) atoms. The van der Waals surface area contributed by atoms with Crippen LogP contribution in [-0.4, -0.2) is 16.7 Å². The van der Waals surface area contributed by atoms with Crippen LogP contribution in [0.2, 0.25) is 5.02 Å². The number of hydrazone groups is 1. The summed E-state index contributed by atoms with van der Waals surface area (Å²) in [7, 11) is 0. The maximum atomic E-state index is 12.0. The van der Waals surface area contributed by atoms with Crippen molar-refractivity contribution in [1.29, 1.82) is 0 Å². The largest absolute Gasteiger partial charge is 0.316 e. The highest BCUT2D eigenvalue weighted by molar-refractivity contribution is 6.30. The summed E-state index contributed by atoms with van der Waals surface area (Å²) < 4.78 is 1.98. The van der Waals surface area contributed by atoms with Gasteiger partial charge in [0.25, 0.3) is 5.91 Å². The Bertz CT molecular complexity index is 823. The summed E-state index contributed by atoms with van der Waals surface area (Å²) in [6.45, 7) is 0. The van der Waals surface area contributed by atoms with Gasteiger partial charge >= 0.3 is 0 Å². The Morgan fingerprint density at radius 2 is 1.74 bits per heavy atom. The quantitative estimate of drug-likeness (QED) is 0.574. The van der Waals surface area contributed by atoms with Crippen molar-refractivity contribution in [3.8, 4) is 5.69 Å². The number of benzene rings is 2. The number of hydrogen-bond acceptors (Lipinski definition) is 2. The molecule has 3 rings (SSSR count). The molecule has 0 aliphatic carbocycles. The molecule has 4 nitrogen and oxygen atoms in total. The maximum absolute atomic E-state index is 12.0. The Morgan fingerprint density at radius 1 is 1.00 bits per heavy atom. The standard InChI is InChI=1S/C18H14ClN3O/c19-15-10-8-14(9-11-15)18(23)21-20-13-17-7-4-12-22(17)16-5-2-1-3-6-16/h1-13H,(H,21,23)/b20-13-. The number of aromatic nitrogens is 1. The third-order valence-electron chi connectivity index (χ3n) is 3.28. The van der Waals surface area contributed by atoms with Crippen LogP contribution in [0.15, 0.2) is 78.0 Å². The van der Waals surface area contributed by atoms with Gasteiger partial charge in [0.15, 0.2) is 0 Å². The highest BCUT2D eigenvalue weighted by Gasteiger charge is 2.04. The normalized spacial score (nSPS) is 10.8. The summed E-state index contributed by atoms with van der Waals surface area (Å²) in [5.74, 6) is -0.282.